The zero-order valence-electron chi connectivity index (χ0n) is 8.57. The summed E-state index contributed by atoms with van der Waals surface area (Å²) in [6.07, 6.45) is 0. The Morgan fingerprint density at radius 2 is 2.33 bits per heavy atom. The van der Waals surface area contributed by atoms with Crippen molar-refractivity contribution in [1.82, 2.24) is 5.32 Å². The van der Waals surface area contributed by atoms with Gasteiger partial charge in [0.05, 0.1) is 5.25 Å². The van der Waals surface area contributed by atoms with Crippen LogP contribution in [0, 0.1) is 5.82 Å². The summed E-state index contributed by atoms with van der Waals surface area (Å²) in [5.41, 5.74) is 0.885. The van der Waals surface area contributed by atoms with Crippen LogP contribution in [0.25, 0.3) is 0 Å². The number of nitrogens with one attached hydrogen (secondary N) is 1. The van der Waals surface area contributed by atoms with Gasteiger partial charge in [0.2, 0.25) is 0 Å². The predicted octanol–water partition coefficient (Wildman–Crippen LogP) is 1.61. The second-order valence-electron chi connectivity index (χ2n) is 3.78. The van der Waals surface area contributed by atoms with Crippen molar-refractivity contribution in [2.24, 2.45) is 0 Å². The Balaban J connectivity index is 2.26. The highest BCUT2D eigenvalue weighted by molar-refractivity contribution is 7.85. The molecule has 1 aromatic carbocycles. The molecule has 0 amide bonds. The van der Waals surface area contributed by atoms with Crippen LogP contribution in [-0.4, -0.2) is 21.8 Å². The van der Waals surface area contributed by atoms with E-state index in [2.05, 4.69) is 5.32 Å². The predicted molar refractivity (Wildman–Crippen MR) is 59.6 cm³/mol. The van der Waals surface area contributed by atoms with Gasteiger partial charge in [0.25, 0.3) is 0 Å². The molecule has 0 bridgehead atoms. The molecule has 1 aromatic rings. The highest BCUT2D eigenvalue weighted by atomic mass is 32.2. The molecule has 4 heteroatoms. The SMILES string of the molecule is CC1C(c2cccc(F)c2)NCCS1=O. The third-order valence-corrected chi connectivity index (χ3v) is 4.47. The van der Waals surface area contributed by atoms with Crippen molar-refractivity contribution in [1.29, 1.82) is 0 Å². The monoisotopic (exact) mass is 227 g/mol. The number of halogens is 1. The van der Waals surface area contributed by atoms with E-state index in [4.69, 9.17) is 0 Å². The highest BCUT2D eigenvalue weighted by Crippen LogP contribution is 2.23. The summed E-state index contributed by atoms with van der Waals surface area (Å²) in [6.45, 7) is 2.68. The average molecular weight is 227 g/mol. The molecule has 1 heterocycles. The van der Waals surface area contributed by atoms with E-state index in [-0.39, 0.29) is 17.1 Å². The molecule has 2 nitrogen and oxygen atoms in total. The molecule has 1 fully saturated rings. The summed E-state index contributed by atoms with van der Waals surface area (Å²) in [5.74, 6) is 0.449. The minimum atomic E-state index is -0.807. The molecule has 82 valence electrons. The maximum Gasteiger partial charge on any atom is 0.123 e. The van der Waals surface area contributed by atoms with E-state index in [1.54, 1.807) is 6.07 Å². The first kappa shape index (κ1) is 10.8. The summed E-state index contributed by atoms with van der Waals surface area (Å²) >= 11 is 0. The minimum absolute atomic E-state index is 0.00952. The third-order valence-electron chi connectivity index (χ3n) is 2.76. The Kier molecular flexibility index (Phi) is 3.17. The van der Waals surface area contributed by atoms with E-state index >= 15 is 0 Å². The molecule has 0 saturated carbocycles. The Bertz CT molecular complexity index is 383. The molecule has 0 aromatic heterocycles. The van der Waals surface area contributed by atoms with E-state index in [0.29, 0.717) is 5.75 Å². The molecule has 2 rings (SSSR count). The van der Waals surface area contributed by atoms with Crippen molar-refractivity contribution in [3.63, 3.8) is 0 Å². The molecule has 1 aliphatic rings. The van der Waals surface area contributed by atoms with Crippen molar-refractivity contribution in [3.05, 3.63) is 35.6 Å². The smallest absolute Gasteiger partial charge is 0.123 e. The fourth-order valence-electron chi connectivity index (χ4n) is 1.91. The van der Waals surface area contributed by atoms with E-state index in [0.717, 1.165) is 12.1 Å². The van der Waals surface area contributed by atoms with Gasteiger partial charge in [-0.05, 0) is 24.6 Å². The van der Waals surface area contributed by atoms with Gasteiger partial charge in [-0.3, -0.25) is 4.21 Å². The first-order valence-electron chi connectivity index (χ1n) is 5.04. The van der Waals surface area contributed by atoms with E-state index in [1.807, 2.05) is 13.0 Å². The van der Waals surface area contributed by atoms with Gasteiger partial charge >= 0.3 is 0 Å². The third kappa shape index (κ3) is 2.26. The lowest BCUT2D eigenvalue weighted by Gasteiger charge is -2.29. The summed E-state index contributed by atoms with van der Waals surface area (Å²) in [7, 11) is -0.807. The lowest BCUT2D eigenvalue weighted by Crippen LogP contribution is -2.42. The molecule has 1 N–H and O–H groups in total. The van der Waals surface area contributed by atoms with E-state index < -0.39 is 10.8 Å². The number of benzene rings is 1. The highest BCUT2D eigenvalue weighted by Gasteiger charge is 2.27. The second-order valence-corrected chi connectivity index (χ2v) is 5.69. The van der Waals surface area contributed by atoms with Gasteiger partial charge in [-0.25, -0.2) is 4.39 Å². The molecule has 1 saturated heterocycles. The zero-order valence-corrected chi connectivity index (χ0v) is 9.39. The summed E-state index contributed by atoms with van der Waals surface area (Å²) in [5, 5.41) is 3.33. The maximum absolute atomic E-state index is 13.0. The van der Waals surface area contributed by atoms with Crippen molar-refractivity contribution in [2.75, 3.05) is 12.3 Å². The van der Waals surface area contributed by atoms with E-state index in [9.17, 15) is 8.60 Å². The molecule has 15 heavy (non-hydrogen) atoms. The van der Waals surface area contributed by atoms with Gasteiger partial charge in [-0.1, -0.05) is 12.1 Å². The molecule has 0 spiro atoms. The molecule has 0 aliphatic carbocycles. The molecule has 1 aliphatic heterocycles. The van der Waals surface area contributed by atoms with Crippen LogP contribution >= 0.6 is 0 Å². The topological polar surface area (TPSA) is 29.1 Å². The number of hydrogen-bond acceptors (Lipinski definition) is 2. The molecule has 0 radical (unpaired) electrons. The Hall–Kier alpha value is -0.740. The Labute approximate surface area is 91.3 Å². The van der Waals surface area contributed by atoms with Gasteiger partial charge < -0.3 is 5.32 Å². The lowest BCUT2D eigenvalue weighted by molar-refractivity contribution is 0.510. The van der Waals surface area contributed by atoms with Gasteiger partial charge in [0, 0.05) is 29.1 Å². The molecular formula is C11H14FNOS. The van der Waals surface area contributed by atoms with E-state index in [1.165, 1.54) is 12.1 Å². The summed E-state index contributed by atoms with van der Waals surface area (Å²) < 4.78 is 24.7. The van der Waals surface area contributed by atoms with Crippen LogP contribution in [0.15, 0.2) is 24.3 Å². The standard InChI is InChI=1S/C11H14FNOS/c1-8-11(13-5-6-15(8)14)9-3-2-4-10(12)7-9/h2-4,7-8,11,13H,5-6H2,1H3. The normalized spacial score (nSPS) is 31.5. The zero-order chi connectivity index (χ0) is 10.8. The van der Waals surface area contributed by atoms with Crippen LogP contribution < -0.4 is 5.32 Å². The van der Waals surface area contributed by atoms with Crippen LogP contribution in [0.4, 0.5) is 4.39 Å². The van der Waals surface area contributed by atoms with Crippen LogP contribution in [0.3, 0.4) is 0 Å². The first-order valence-corrected chi connectivity index (χ1v) is 6.43. The molecule has 3 unspecified atom stereocenters. The van der Waals surface area contributed by atoms with Crippen molar-refractivity contribution in [2.45, 2.75) is 18.2 Å². The quantitative estimate of drug-likeness (QED) is 0.789. The van der Waals surface area contributed by atoms with Crippen molar-refractivity contribution >= 4 is 10.8 Å². The van der Waals surface area contributed by atoms with Crippen molar-refractivity contribution < 1.29 is 8.60 Å². The second kappa shape index (κ2) is 4.41. The first-order chi connectivity index (χ1) is 7.18. The lowest BCUT2D eigenvalue weighted by atomic mass is 10.0. The van der Waals surface area contributed by atoms with Crippen LogP contribution in [0.5, 0.6) is 0 Å². The van der Waals surface area contributed by atoms with Crippen LogP contribution in [-0.2, 0) is 10.8 Å². The molecule has 3 atom stereocenters. The van der Waals surface area contributed by atoms with Gasteiger partial charge in [0.15, 0.2) is 0 Å². The van der Waals surface area contributed by atoms with Crippen molar-refractivity contribution in [3.8, 4) is 0 Å². The molecular weight excluding hydrogens is 213 g/mol. The van der Waals surface area contributed by atoms with Gasteiger partial charge in [-0.15, -0.1) is 0 Å². The van der Waals surface area contributed by atoms with Crippen LogP contribution in [0.1, 0.15) is 18.5 Å². The average Bonchev–Trinajstić information content (AvgIpc) is 2.22. The Morgan fingerprint density at radius 1 is 1.53 bits per heavy atom. The summed E-state index contributed by atoms with van der Waals surface area (Å²) in [6, 6.07) is 6.51. The minimum Gasteiger partial charge on any atom is -0.308 e. The largest absolute Gasteiger partial charge is 0.308 e. The fraction of sp³-hybridized carbons (Fsp3) is 0.455. The number of hydrogen-bond donors (Lipinski definition) is 1. The summed E-state index contributed by atoms with van der Waals surface area (Å²) in [4.78, 5) is 0. The maximum atomic E-state index is 13.0. The number of rotatable bonds is 1. The fourth-order valence-corrected chi connectivity index (χ4v) is 3.16. The van der Waals surface area contributed by atoms with Gasteiger partial charge in [-0.2, -0.15) is 0 Å². The van der Waals surface area contributed by atoms with Crippen LogP contribution in [0.2, 0.25) is 0 Å². The van der Waals surface area contributed by atoms with Gasteiger partial charge in [0.1, 0.15) is 5.82 Å². The Morgan fingerprint density at radius 3 is 3.07 bits per heavy atom.